The average molecular weight is 274 g/mol. The molecule has 2 aromatic rings. The molecule has 0 fully saturated rings. The van der Waals surface area contributed by atoms with Crippen molar-refractivity contribution in [3.05, 3.63) is 28.7 Å². The first-order chi connectivity index (χ1) is 8.41. The number of carboxylic acid groups (broad SMARTS) is 1. The van der Waals surface area contributed by atoms with Crippen molar-refractivity contribution >= 4 is 17.6 Å². The van der Waals surface area contributed by atoms with E-state index in [1.54, 1.807) is 0 Å². The number of carbonyl (C=O) groups is 1. The Balaban J connectivity index is 2.66. The van der Waals surface area contributed by atoms with Gasteiger partial charge in [-0.1, -0.05) is 16.8 Å². The number of aromatic carboxylic acids is 1. The highest BCUT2D eigenvalue weighted by Crippen LogP contribution is 2.41. The molecule has 0 saturated carbocycles. The number of halogens is 2. The Morgan fingerprint density at radius 2 is 2.06 bits per heavy atom. The number of aromatic nitrogens is 1. The van der Waals surface area contributed by atoms with Crippen molar-refractivity contribution in [2.75, 3.05) is 0 Å². The summed E-state index contributed by atoms with van der Waals surface area (Å²) in [5.41, 5.74) is -1.02. The van der Waals surface area contributed by atoms with Crippen LogP contribution in [0.3, 0.4) is 0 Å². The van der Waals surface area contributed by atoms with Gasteiger partial charge in [-0.25, -0.2) is 9.18 Å². The lowest BCUT2D eigenvalue weighted by molar-refractivity contribution is 0.0686. The predicted molar refractivity (Wildman–Crippen MR) is 57.2 cm³/mol. The van der Waals surface area contributed by atoms with Gasteiger partial charge in [0.25, 0.3) is 0 Å². The van der Waals surface area contributed by atoms with E-state index in [1.165, 1.54) is 0 Å². The number of hydrogen-bond acceptors (Lipinski definition) is 5. The van der Waals surface area contributed by atoms with Crippen LogP contribution in [0.2, 0.25) is 5.02 Å². The van der Waals surface area contributed by atoms with Crippen molar-refractivity contribution in [3.63, 3.8) is 0 Å². The molecule has 0 amide bonds. The van der Waals surface area contributed by atoms with Gasteiger partial charge in [0.2, 0.25) is 0 Å². The number of carboxylic acids is 1. The zero-order valence-corrected chi connectivity index (χ0v) is 9.27. The number of rotatable bonds is 2. The highest BCUT2D eigenvalue weighted by Gasteiger charge is 2.23. The van der Waals surface area contributed by atoms with Gasteiger partial charge in [0.15, 0.2) is 28.8 Å². The molecule has 0 saturated heterocycles. The Bertz CT molecular complexity index is 613. The SMILES string of the molecule is O=C(O)c1cc(-c2c(O)c(O)cc(Cl)c2F)on1. The van der Waals surface area contributed by atoms with Crippen LogP contribution in [-0.4, -0.2) is 26.4 Å². The third kappa shape index (κ3) is 1.84. The fraction of sp³-hybridized carbons (Fsp3) is 0. The van der Waals surface area contributed by atoms with E-state index >= 15 is 0 Å². The Hall–Kier alpha value is -2.28. The fourth-order valence-corrected chi connectivity index (χ4v) is 1.52. The molecule has 0 spiro atoms. The topological polar surface area (TPSA) is 104 Å². The first kappa shape index (κ1) is 12.2. The van der Waals surface area contributed by atoms with Crippen molar-refractivity contribution in [2.45, 2.75) is 0 Å². The quantitative estimate of drug-likeness (QED) is 0.725. The van der Waals surface area contributed by atoms with E-state index in [9.17, 15) is 19.4 Å². The molecular weight excluding hydrogens is 269 g/mol. The van der Waals surface area contributed by atoms with Gasteiger partial charge in [-0.2, -0.15) is 0 Å². The van der Waals surface area contributed by atoms with Gasteiger partial charge in [-0.05, 0) is 0 Å². The van der Waals surface area contributed by atoms with Crippen LogP contribution in [0.5, 0.6) is 11.5 Å². The summed E-state index contributed by atoms with van der Waals surface area (Å²) in [7, 11) is 0. The molecule has 0 unspecified atom stereocenters. The maximum Gasteiger partial charge on any atom is 0.358 e. The van der Waals surface area contributed by atoms with Crippen LogP contribution >= 0.6 is 11.6 Å². The molecule has 0 aliphatic rings. The summed E-state index contributed by atoms with van der Waals surface area (Å²) < 4.78 is 18.3. The molecule has 0 radical (unpaired) electrons. The lowest BCUT2D eigenvalue weighted by atomic mass is 10.1. The van der Waals surface area contributed by atoms with Gasteiger partial charge >= 0.3 is 5.97 Å². The van der Waals surface area contributed by atoms with E-state index in [2.05, 4.69) is 9.68 Å². The Kier molecular flexibility index (Phi) is 2.84. The minimum atomic E-state index is -1.38. The molecule has 1 aromatic carbocycles. The van der Waals surface area contributed by atoms with Crippen LogP contribution in [0.15, 0.2) is 16.7 Å². The van der Waals surface area contributed by atoms with Crippen LogP contribution in [0.25, 0.3) is 11.3 Å². The lowest BCUT2D eigenvalue weighted by Crippen LogP contribution is -1.94. The summed E-state index contributed by atoms with van der Waals surface area (Å²) in [5, 5.41) is 30.2. The van der Waals surface area contributed by atoms with Crippen molar-refractivity contribution < 1.29 is 29.0 Å². The minimum Gasteiger partial charge on any atom is -0.504 e. The highest BCUT2D eigenvalue weighted by atomic mass is 35.5. The molecule has 94 valence electrons. The van der Waals surface area contributed by atoms with Crippen LogP contribution in [0.4, 0.5) is 4.39 Å². The van der Waals surface area contributed by atoms with Gasteiger partial charge in [0.1, 0.15) is 5.56 Å². The van der Waals surface area contributed by atoms with Crippen LogP contribution < -0.4 is 0 Å². The molecule has 0 aliphatic heterocycles. The second kappa shape index (κ2) is 4.19. The zero-order valence-electron chi connectivity index (χ0n) is 8.52. The Morgan fingerprint density at radius 1 is 1.39 bits per heavy atom. The summed E-state index contributed by atoms with van der Waals surface area (Å²) in [6.45, 7) is 0. The van der Waals surface area contributed by atoms with Crippen molar-refractivity contribution in [1.29, 1.82) is 0 Å². The van der Waals surface area contributed by atoms with Gasteiger partial charge in [-0.15, -0.1) is 0 Å². The van der Waals surface area contributed by atoms with E-state index in [4.69, 9.17) is 16.7 Å². The third-order valence-electron chi connectivity index (χ3n) is 2.15. The van der Waals surface area contributed by atoms with E-state index in [1.807, 2.05) is 0 Å². The first-order valence-corrected chi connectivity index (χ1v) is 4.90. The highest BCUT2D eigenvalue weighted by molar-refractivity contribution is 6.31. The molecule has 1 aromatic heterocycles. The summed E-state index contributed by atoms with van der Waals surface area (Å²) in [5.74, 6) is -4.27. The summed E-state index contributed by atoms with van der Waals surface area (Å²) in [4.78, 5) is 10.6. The summed E-state index contributed by atoms with van der Waals surface area (Å²) in [6, 6.07) is 1.71. The molecule has 8 heteroatoms. The maximum atomic E-state index is 13.7. The molecule has 0 bridgehead atoms. The first-order valence-electron chi connectivity index (χ1n) is 4.52. The summed E-state index contributed by atoms with van der Waals surface area (Å²) >= 11 is 5.49. The third-order valence-corrected chi connectivity index (χ3v) is 2.42. The molecule has 2 rings (SSSR count). The normalized spacial score (nSPS) is 10.6. The second-order valence-electron chi connectivity index (χ2n) is 3.30. The number of nitrogens with zero attached hydrogens (tertiary/aromatic N) is 1. The Labute approximate surface area is 104 Å². The monoisotopic (exact) mass is 273 g/mol. The van der Waals surface area contributed by atoms with E-state index in [0.29, 0.717) is 0 Å². The lowest BCUT2D eigenvalue weighted by Gasteiger charge is -2.05. The van der Waals surface area contributed by atoms with E-state index < -0.39 is 39.6 Å². The molecule has 1 heterocycles. The van der Waals surface area contributed by atoms with Gasteiger partial charge in [0.05, 0.1) is 5.02 Å². The molecule has 0 atom stereocenters. The number of aromatic hydroxyl groups is 2. The van der Waals surface area contributed by atoms with Gasteiger partial charge in [0, 0.05) is 12.1 Å². The molecule has 0 aliphatic carbocycles. The minimum absolute atomic E-state index is 0.361. The molecular formula is C10H5ClFNO5. The van der Waals surface area contributed by atoms with Crippen molar-refractivity contribution in [2.24, 2.45) is 0 Å². The van der Waals surface area contributed by atoms with E-state index in [-0.39, 0.29) is 5.76 Å². The predicted octanol–water partition coefficient (Wildman–Crippen LogP) is 2.24. The smallest absolute Gasteiger partial charge is 0.358 e. The molecule has 6 nitrogen and oxygen atoms in total. The van der Waals surface area contributed by atoms with Crippen LogP contribution in [-0.2, 0) is 0 Å². The number of hydrogen-bond donors (Lipinski definition) is 3. The van der Waals surface area contributed by atoms with Crippen LogP contribution in [0, 0.1) is 5.82 Å². The molecule has 18 heavy (non-hydrogen) atoms. The zero-order chi connectivity index (χ0) is 13.4. The van der Waals surface area contributed by atoms with Crippen molar-refractivity contribution in [1.82, 2.24) is 5.16 Å². The van der Waals surface area contributed by atoms with Crippen LogP contribution in [0.1, 0.15) is 10.5 Å². The van der Waals surface area contributed by atoms with E-state index in [0.717, 1.165) is 12.1 Å². The number of phenolic OH excluding ortho intramolecular Hbond substituents is 2. The number of phenols is 2. The maximum absolute atomic E-state index is 13.7. The molecule has 3 N–H and O–H groups in total. The fourth-order valence-electron chi connectivity index (χ4n) is 1.32. The average Bonchev–Trinajstić information content (AvgIpc) is 2.76. The van der Waals surface area contributed by atoms with Crippen molar-refractivity contribution in [3.8, 4) is 22.8 Å². The number of benzene rings is 1. The Morgan fingerprint density at radius 3 is 2.61 bits per heavy atom. The van der Waals surface area contributed by atoms with Gasteiger partial charge in [-0.3, -0.25) is 0 Å². The standard InChI is InChI=1S/C10H5ClFNO5/c11-3-1-5(14)9(15)7(8(3)12)6-2-4(10(16)17)13-18-6/h1-2,14-15H,(H,16,17). The second-order valence-corrected chi connectivity index (χ2v) is 3.70. The summed E-state index contributed by atoms with van der Waals surface area (Å²) in [6.07, 6.45) is 0. The van der Waals surface area contributed by atoms with Gasteiger partial charge < -0.3 is 19.8 Å². The largest absolute Gasteiger partial charge is 0.504 e.